The molecule has 2 rings (SSSR count). The summed E-state index contributed by atoms with van der Waals surface area (Å²) in [7, 11) is 0. The van der Waals surface area contributed by atoms with Gasteiger partial charge in [-0.3, -0.25) is 4.79 Å². The third-order valence-electron chi connectivity index (χ3n) is 2.87. The summed E-state index contributed by atoms with van der Waals surface area (Å²) in [5, 5.41) is 0. The lowest BCUT2D eigenvalue weighted by Gasteiger charge is -2.47. The molecule has 2 heteroatoms. The number of rotatable bonds is 0. The summed E-state index contributed by atoms with van der Waals surface area (Å²) in [6.45, 7) is 1.83. The van der Waals surface area contributed by atoms with Crippen molar-refractivity contribution in [3.63, 3.8) is 0 Å². The first kappa shape index (κ1) is 7.35. The molecule has 0 amide bonds. The lowest BCUT2D eigenvalue weighted by molar-refractivity contribution is -0.137. The Morgan fingerprint density at radius 1 is 1.73 bits per heavy atom. The number of ketones is 1. The van der Waals surface area contributed by atoms with E-state index in [1.165, 1.54) is 0 Å². The molecule has 60 valence electrons. The molecule has 2 aliphatic carbocycles. The Labute approximate surface area is 71.4 Å². The number of Topliss-reactive ketones (excluding diaryl/α,β-unsaturated/α-hetero) is 1. The second-order valence-electron chi connectivity index (χ2n) is 3.58. The summed E-state index contributed by atoms with van der Waals surface area (Å²) >= 11 is 6.03. The Bertz CT molecular complexity index is 230. The van der Waals surface area contributed by atoms with Crippen LogP contribution in [0.5, 0.6) is 0 Å². The van der Waals surface area contributed by atoms with Gasteiger partial charge in [-0.1, -0.05) is 12.2 Å². The number of halogens is 1. The Balaban J connectivity index is 2.27. The summed E-state index contributed by atoms with van der Waals surface area (Å²) in [5.74, 6) is 0.793. The monoisotopic (exact) mass is 170 g/mol. The molecule has 1 unspecified atom stereocenters. The second kappa shape index (κ2) is 2.10. The molecule has 0 aromatic heterocycles. The zero-order valence-electron chi connectivity index (χ0n) is 6.51. The number of hydrogen-bond acceptors (Lipinski definition) is 1. The van der Waals surface area contributed by atoms with Crippen LogP contribution in [0.2, 0.25) is 0 Å². The van der Waals surface area contributed by atoms with Crippen LogP contribution in [-0.2, 0) is 4.79 Å². The van der Waals surface area contributed by atoms with Crippen molar-refractivity contribution in [2.75, 3.05) is 0 Å². The molecule has 1 saturated carbocycles. The summed E-state index contributed by atoms with van der Waals surface area (Å²) in [6.07, 6.45) is 6.28. The first-order chi connectivity index (χ1) is 5.14. The third-order valence-corrected chi connectivity index (χ3v) is 3.30. The molecule has 3 atom stereocenters. The topological polar surface area (TPSA) is 17.1 Å². The van der Waals surface area contributed by atoms with E-state index in [4.69, 9.17) is 11.6 Å². The van der Waals surface area contributed by atoms with Crippen LogP contribution in [-0.4, -0.2) is 10.7 Å². The first-order valence-electron chi connectivity index (χ1n) is 4.04. The van der Waals surface area contributed by atoms with E-state index in [0.717, 1.165) is 12.8 Å². The fourth-order valence-electron chi connectivity index (χ4n) is 2.12. The molecule has 1 fully saturated rings. The first-order valence-corrected chi connectivity index (χ1v) is 4.41. The Kier molecular flexibility index (Phi) is 1.40. The molecule has 0 bridgehead atoms. The molecule has 0 saturated heterocycles. The average molecular weight is 171 g/mol. The Morgan fingerprint density at radius 2 is 2.45 bits per heavy atom. The van der Waals surface area contributed by atoms with Gasteiger partial charge in [0.1, 0.15) is 4.87 Å². The molecule has 0 N–H and O–H groups in total. The summed E-state index contributed by atoms with van der Waals surface area (Å²) in [6, 6.07) is 0. The normalized spacial score (nSPS) is 48.4. The highest BCUT2D eigenvalue weighted by Crippen LogP contribution is 2.49. The van der Waals surface area contributed by atoms with Gasteiger partial charge >= 0.3 is 0 Å². The number of alkyl halides is 1. The minimum atomic E-state index is -0.582. The van der Waals surface area contributed by atoms with Crippen molar-refractivity contribution in [2.45, 2.75) is 24.6 Å². The van der Waals surface area contributed by atoms with E-state index in [9.17, 15) is 4.79 Å². The van der Waals surface area contributed by atoms with E-state index in [1.54, 1.807) is 0 Å². The van der Waals surface area contributed by atoms with Crippen molar-refractivity contribution in [3.05, 3.63) is 12.2 Å². The van der Waals surface area contributed by atoms with Gasteiger partial charge in [0.25, 0.3) is 0 Å². The lowest BCUT2D eigenvalue weighted by Crippen LogP contribution is -2.57. The number of carbonyl (C=O) groups is 1. The summed E-state index contributed by atoms with van der Waals surface area (Å²) < 4.78 is 0. The van der Waals surface area contributed by atoms with Crippen molar-refractivity contribution in [1.29, 1.82) is 0 Å². The van der Waals surface area contributed by atoms with Gasteiger partial charge in [0.05, 0.1) is 0 Å². The number of hydrogen-bond donors (Lipinski definition) is 0. The van der Waals surface area contributed by atoms with Crippen molar-refractivity contribution in [1.82, 2.24) is 0 Å². The molecule has 0 spiro atoms. The minimum Gasteiger partial charge on any atom is -0.297 e. The summed E-state index contributed by atoms with van der Waals surface area (Å²) in [4.78, 5) is 10.8. The van der Waals surface area contributed by atoms with Crippen LogP contribution < -0.4 is 0 Å². The maximum Gasteiger partial charge on any atom is 0.157 e. The molecule has 0 aliphatic heterocycles. The Hall–Kier alpha value is -0.300. The predicted molar refractivity (Wildman–Crippen MR) is 44.6 cm³/mol. The third kappa shape index (κ3) is 0.807. The zero-order chi connectivity index (χ0) is 8.06. The van der Waals surface area contributed by atoms with Crippen LogP contribution in [0, 0.1) is 11.8 Å². The standard InChI is InChI=1S/C9H11ClO/c1-9(10)7-5-3-2-4-6(7)8(9)11/h3,5-7H,2,4H2,1H3/t6-,7+,9?/m1/s1. The van der Waals surface area contributed by atoms with E-state index >= 15 is 0 Å². The van der Waals surface area contributed by atoms with Gasteiger partial charge in [-0.15, -0.1) is 11.6 Å². The molecular weight excluding hydrogens is 160 g/mol. The number of allylic oxidation sites excluding steroid dienone is 2. The van der Waals surface area contributed by atoms with E-state index in [0.29, 0.717) is 5.92 Å². The van der Waals surface area contributed by atoms with Crippen LogP contribution in [0.3, 0.4) is 0 Å². The van der Waals surface area contributed by atoms with E-state index in [2.05, 4.69) is 12.2 Å². The van der Waals surface area contributed by atoms with Crippen LogP contribution in [0.1, 0.15) is 19.8 Å². The zero-order valence-corrected chi connectivity index (χ0v) is 7.27. The van der Waals surface area contributed by atoms with E-state index in [1.807, 2.05) is 6.92 Å². The van der Waals surface area contributed by atoms with Gasteiger partial charge in [-0.25, -0.2) is 0 Å². The SMILES string of the molecule is CC1(Cl)C(=O)[C@@H]2CCC=C[C@@H]21. The van der Waals surface area contributed by atoms with Gasteiger partial charge in [0.15, 0.2) is 5.78 Å². The van der Waals surface area contributed by atoms with E-state index in [-0.39, 0.29) is 11.7 Å². The van der Waals surface area contributed by atoms with Gasteiger partial charge in [-0.2, -0.15) is 0 Å². The van der Waals surface area contributed by atoms with Crippen LogP contribution >= 0.6 is 11.6 Å². The molecule has 2 aliphatic rings. The molecule has 0 radical (unpaired) electrons. The lowest BCUT2D eigenvalue weighted by atomic mass is 9.60. The van der Waals surface area contributed by atoms with Crippen LogP contribution in [0.25, 0.3) is 0 Å². The fraction of sp³-hybridized carbons (Fsp3) is 0.667. The van der Waals surface area contributed by atoms with Gasteiger partial charge in [0.2, 0.25) is 0 Å². The highest BCUT2D eigenvalue weighted by atomic mass is 35.5. The maximum atomic E-state index is 11.4. The molecular formula is C9H11ClO. The molecule has 0 aromatic carbocycles. The maximum absolute atomic E-state index is 11.4. The highest BCUT2D eigenvalue weighted by molar-refractivity contribution is 6.38. The fourth-order valence-corrected chi connectivity index (χ4v) is 2.48. The quantitative estimate of drug-likeness (QED) is 0.402. The van der Waals surface area contributed by atoms with Crippen molar-refractivity contribution >= 4 is 17.4 Å². The second-order valence-corrected chi connectivity index (χ2v) is 4.36. The van der Waals surface area contributed by atoms with Crippen molar-refractivity contribution in [3.8, 4) is 0 Å². The van der Waals surface area contributed by atoms with Crippen molar-refractivity contribution in [2.24, 2.45) is 11.8 Å². The average Bonchev–Trinajstić information content (AvgIpc) is 2.04. The van der Waals surface area contributed by atoms with Gasteiger partial charge < -0.3 is 0 Å². The van der Waals surface area contributed by atoms with Gasteiger partial charge in [-0.05, 0) is 19.8 Å². The number of carbonyl (C=O) groups excluding carboxylic acids is 1. The molecule has 0 aromatic rings. The predicted octanol–water partition coefficient (Wildman–Crippen LogP) is 2.15. The molecule has 1 nitrogen and oxygen atoms in total. The van der Waals surface area contributed by atoms with Gasteiger partial charge in [0, 0.05) is 11.8 Å². The number of fused-ring (bicyclic) bond motifs is 1. The highest BCUT2D eigenvalue weighted by Gasteiger charge is 2.56. The molecule has 0 heterocycles. The van der Waals surface area contributed by atoms with Crippen molar-refractivity contribution < 1.29 is 4.79 Å². The largest absolute Gasteiger partial charge is 0.297 e. The Morgan fingerprint density at radius 3 is 3.09 bits per heavy atom. The minimum absolute atomic E-state index is 0.238. The molecule has 11 heavy (non-hydrogen) atoms. The van der Waals surface area contributed by atoms with Crippen LogP contribution in [0.15, 0.2) is 12.2 Å². The summed E-state index contributed by atoms with van der Waals surface area (Å²) in [5.41, 5.74) is 0. The smallest absolute Gasteiger partial charge is 0.157 e. The van der Waals surface area contributed by atoms with Crippen LogP contribution in [0.4, 0.5) is 0 Å². The van der Waals surface area contributed by atoms with E-state index < -0.39 is 4.87 Å².